The van der Waals surface area contributed by atoms with E-state index in [-0.39, 0.29) is 15.6 Å². The summed E-state index contributed by atoms with van der Waals surface area (Å²) in [4.78, 5) is 21.1. The molecule has 76 valence electrons. The third-order valence-corrected chi connectivity index (χ3v) is 2.51. The maximum absolute atomic E-state index is 11.0. The molecule has 0 aromatic carbocycles. The third kappa shape index (κ3) is 1.82. The fourth-order valence-corrected chi connectivity index (χ4v) is 1.70. The van der Waals surface area contributed by atoms with Gasteiger partial charge < -0.3 is 9.47 Å². The van der Waals surface area contributed by atoms with Crippen molar-refractivity contribution in [3.63, 3.8) is 0 Å². The number of rotatable bonds is 3. The Morgan fingerprint density at radius 3 is 2.57 bits per heavy atom. The largest absolute Gasteiger partial charge is 0.482 e. The summed E-state index contributed by atoms with van der Waals surface area (Å²) in [6.07, 6.45) is 0. The molecular weight excluding hydrogens is 210 g/mol. The molecule has 0 N–H and O–H groups in total. The molecule has 1 heterocycles. The van der Waals surface area contributed by atoms with Gasteiger partial charge in [-0.3, -0.25) is 10.1 Å². The fourth-order valence-electron chi connectivity index (χ4n) is 0.839. The van der Waals surface area contributed by atoms with E-state index in [1.807, 2.05) is 0 Å². The van der Waals surface area contributed by atoms with Gasteiger partial charge in [0.2, 0.25) is 0 Å². The molecule has 0 radical (unpaired) electrons. The average molecular weight is 217 g/mol. The van der Waals surface area contributed by atoms with Gasteiger partial charge in [0.05, 0.1) is 19.1 Å². The van der Waals surface area contributed by atoms with Crippen molar-refractivity contribution in [2.45, 2.75) is 0 Å². The molecule has 0 amide bonds. The highest BCUT2D eigenvalue weighted by molar-refractivity contribution is 7.16. The highest BCUT2D eigenvalue weighted by Gasteiger charge is 2.23. The minimum atomic E-state index is -0.610. The van der Waals surface area contributed by atoms with Gasteiger partial charge in [0, 0.05) is 6.07 Å². The molecule has 6 nitrogen and oxygen atoms in total. The Morgan fingerprint density at radius 2 is 2.21 bits per heavy atom. The maximum atomic E-state index is 11.0. The van der Waals surface area contributed by atoms with Crippen LogP contribution in [0, 0.1) is 10.1 Å². The number of hydrogen-bond acceptors (Lipinski definition) is 6. The van der Waals surface area contributed by atoms with Crippen molar-refractivity contribution in [1.82, 2.24) is 0 Å². The van der Waals surface area contributed by atoms with Crippen molar-refractivity contribution in [1.29, 1.82) is 0 Å². The van der Waals surface area contributed by atoms with Crippen LogP contribution in [0.15, 0.2) is 6.07 Å². The van der Waals surface area contributed by atoms with Gasteiger partial charge in [-0.2, -0.15) is 0 Å². The Balaban J connectivity index is 3.13. The van der Waals surface area contributed by atoms with Crippen LogP contribution in [0.1, 0.15) is 9.67 Å². The van der Waals surface area contributed by atoms with Gasteiger partial charge in [0.15, 0.2) is 0 Å². The lowest BCUT2D eigenvalue weighted by molar-refractivity contribution is -0.385. The summed E-state index contributed by atoms with van der Waals surface area (Å²) in [7, 11) is 2.51. The molecule has 1 aromatic rings. The summed E-state index contributed by atoms with van der Waals surface area (Å²) in [5.74, 6) is -0.610. The lowest BCUT2D eigenvalue weighted by Gasteiger charge is -1.92. The summed E-state index contributed by atoms with van der Waals surface area (Å²) in [5, 5.41) is 10.6. The zero-order valence-corrected chi connectivity index (χ0v) is 8.29. The quantitative estimate of drug-likeness (QED) is 0.435. The molecule has 0 spiro atoms. The monoisotopic (exact) mass is 217 g/mol. The van der Waals surface area contributed by atoms with Crippen molar-refractivity contribution >= 4 is 23.0 Å². The van der Waals surface area contributed by atoms with Gasteiger partial charge in [-0.25, -0.2) is 4.79 Å². The lowest BCUT2D eigenvalue weighted by atomic mass is 10.4. The van der Waals surface area contributed by atoms with Gasteiger partial charge in [0.25, 0.3) is 5.06 Å². The first-order valence-electron chi connectivity index (χ1n) is 3.50. The second kappa shape index (κ2) is 4.05. The SMILES string of the molecule is COC(=O)c1cc([N+](=O)[O-])c(OC)s1. The molecule has 0 saturated carbocycles. The fraction of sp³-hybridized carbons (Fsp3) is 0.286. The standard InChI is InChI=1S/C7H7NO5S/c1-12-6(9)5-3-4(8(10)11)7(13-2)14-5/h3H,1-2H3. The van der Waals surface area contributed by atoms with Crippen molar-refractivity contribution in [3.8, 4) is 5.06 Å². The summed E-state index contributed by atoms with van der Waals surface area (Å²) in [5.41, 5.74) is -0.224. The van der Waals surface area contributed by atoms with Crippen LogP contribution in [0.4, 0.5) is 5.69 Å². The number of ether oxygens (including phenoxy) is 2. The molecule has 0 aliphatic rings. The van der Waals surface area contributed by atoms with Crippen LogP contribution in [0.3, 0.4) is 0 Å². The summed E-state index contributed by atoms with van der Waals surface area (Å²) < 4.78 is 9.17. The highest BCUT2D eigenvalue weighted by Crippen LogP contribution is 2.36. The molecule has 0 aliphatic carbocycles. The number of carbonyl (C=O) groups is 1. The van der Waals surface area contributed by atoms with Crippen LogP contribution in [0.25, 0.3) is 0 Å². The Morgan fingerprint density at radius 1 is 1.57 bits per heavy atom. The van der Waals surface area contributed by atoms with E-state index in [1.165, 1.54) is 14.2 Å². The van der Waals surface area contributed by atoms with Crippen LogP contribution >= 0.6 is 11.3 Å². The maximum Gasteiger partial charge on any atom is 0.348 e. The van der Waals surface area contributed by atoms with E-state index in [4.69, 9.17) is 4.74 Å². The second-order valence-corrected chi connectivity index (χ2v) is 3.25. The first kappa shape index (κ1) is 10.5. The van der Waals surface area contributed by atoms with Gasteiger partial charge in [-0.05, 0) is 0 Å². The van der Waals surface area contributed by atoms with Crippen LogP contribution in [-0.4, -0.2) is 25.1 Å². The molecule has 0 bridgehead atoms. The Hall–Kier alpha value is -1.63. The van der Waals surface area contributed by atoms with Crippen molar-refractivity contribution in [3.05, 3.63) is 21.1 Å². The number of hydrogen-bond donors (Lipinski definition) is 0. The summed E-state index contributed by atoms with van der Waals surface area (Å²) in [6, 6.07) is 1.13. The van der Waals surface area contributed by atoms with E-state index < -0.39 is 10.9 Å². The minimum Gasteiger partial charge on any atom is -0.482 e. The molecular formula is C7H7NO5S. The van der Waals surface area contributed by atoms with Crippen LogP contribution in [0.2, 0.25) is 0 Å². The van der Waals surface area contributed by atoms with Gasteiger partial charge >= 0.3 is 11.7 Å². The van der Waals surface area contributed by atoms with E-state index in [0.29, 0.717) is 0 Å². The molecule has 0 atom stereocenters. The van der Waals surface area contributed by atoms with Crippen LogP contribution in [0.5, 0.6) is 5.06 Å². The molecule has 7 heteroatoms. The van der Waals surface area contributed by atoms with E-state index >= 15 is 0 Å². The molecule has 0 unspecified atom stereocenters. The highest BCUT2D eigenvalue weighted by atomic mass is 32.1. The van der Waals surface area contributed by atoms with E-state index in [1.54, 1.807) is 0 Å². The van der Waals surface area contributed by atoms with E-state index in [0.717, 1.165) is 17.4 Å². The topological polar surface area (TPSA) is 78.7 Å². The van der Waals surface area contributed by atoms with Crippen molar-refractivity contribution < 1.29 is 19.2 Å². The summed E-state index contributed by atoms with van der Waals surface area (Å²) in [6.45, 7) is 0. The van der Waals surface area contributed by atoms with Gasteiger partial charge in [-0.1, -0.05) is 11.3 Å². The van der Waals surface area contributed by atoms with Gasteiger partial charge in [0.1, 0.15) is 4.88 Å². The molecule has 14 heavy (non-hydrogen) atoms. The normalized spacial score (nSPS) is 9.57. The first-order valence-corrected chi connectivity index (χ1v) is 4.32. The minimum absolute atomic E-state index is 0.0930. The molecule has 0 saturated heterocycles. The van der Waals surface area contributed by atoms with Crippen molar-refractivity contribution in [2.24, 2.45) is 0 Å². The number of thiophene rings is 1. The Labute approximate surface area is 83.2 Å². The van der Waals surface area contributed by atoms with Gasteiger partial charge in [-0.15, -0.1) is 0 Å². The second-order valence-electron chi connectivity index (χ2n) is 2.24. The number of methoxy groups -OCH3 is 2. The summed E-state index contributed by atoms with van der Waals surface area (Å²) >= 11 is 0.882. The van der Waals surface area contributed by atoms with Crippen LogP contribution in [-0.2, 0) is 4.74 Å². The first-order chi connectivity index (χ1) is 6.60. The predicted molar refractivity (Wildman–Crippen MR) is 48.9 cm³/mol. The number of nitrogens with zero attached hydrogens (tertiary/aromatic N) is 1. The van der Waals surface area contributed by atoms with E-state index in [2.05, 4.69) is 4.74 Å². The zero-order valence-electron chi connectivity index (χ0n) is 7.47. The molecule has 0 aliphatic heterocycles. The molecule has 1 rings (SSSR count). The zero-order chi connectivity index (χ0) is 10.7. The predicted octanol–water partition coefficient (Wildman–Crippen LogP) is 1.45. The third-order valence-electron chi connectivity index (χ3n) is 1.45. The molecule has 1 aromatic heterocycles. The number of esters is 1. The smallest absolute Gasteiger partial charge is 0.348 e. The number of carbonyl (C=O) groups excluding carboxylic acids is 1. The molecule has 0 fully saturated rings. The van der Waals surface area contributed by atoms with Crippen LogP contribution < -0.4 is 4.74 Å². The lowest BCUT2D eigenvalue weighted by Crippen LogP contribution is -1.97. The Kier molecular flexibility index (Phi) is 3.03. The Bertz CT molecular complexity index is 372. The van der Waals surface area contributed by atoms with E-state index in [9.17, 15) is 14.9 Å². The van der Waals surface area contributed by atoms with Crippen molar-refractivity contribution in [2.75, 3.05) is 14.2 Å². The average Bonchev–Trinajstić information content (AvgIpc) is 2.60. The number of nitro groups is 1.